The monoisotopic (exact) mass is 217 g/mol. The zero-order valence-corrected chi connectivity index (χ0v) is 9.47. The van der Waals surface area contributed by atoms with E-state index >= 15 is 0 Å². The fourth-order valence-electron chi connectivity index (χ4n) is 1.49. The lowest BCUT2D eigenvalue weighted by Gasteiger charge is -2.06. The Bertz CT molecular complexity index is 502. The van der Waals surface area contributed by atoms with E-state index in [0.717, 1.165) is 5.65 Å². The number of hydrogen-bond acceptors (Lipinski definition) is 2. The predicted octanol–water partition coefficient (Wildman–Crippen LogP) is 1.72. The molecule has 2 aromatic heterocycles. The molecule has 0 fully saturated rings. The lowest BCUT2D eigenvalue weighted by Crippen LogP contribution is -2.28. The average Bonchev–Trinajstić information content (AvgIpc) is 2.69. The second-order valence-corrected chi connectivity index (χ2v) is 4.18. The van der Waals surface area contributed by atoms with Gasteiger partial charge < -0.3 is 5.32 Å². The smallest absolute Gasteiger partial charge is 0.269 e. The molecule has 0 saturated heterocycles. The van der Waals surface area contributed by atoms with Crippen molar-refractivity contribution in [2.45, 2.75) is 13.8 Å². The summed E-state index contributed by atoms with van der Waals surface area (Å²) in [6.45, 7) is 4.81. The Hall–Kier alpha value is -1.84. The first-order chi connectivity index (χ1) is 7.68. The summed E-state index contributed by atoms with van der Waals surface area (Å²) in [4.78, 5) is 16.0. The van der Waals surface area contributed by atoms with Gasteiger partial charge >= 0.3 is 0 Å². The van der Waals surface area contributed by atoms with Crippen LogP contribution in [-0.2, 0) is 0 Å². The van der Waals surface area contributed by atoms with Crippen molar-refractivity contribution in [3.63, 3.8) is 0 Å². The van der Waals surface area contributed by atoms with Gasteiger partial charge in [0.05, 0.1) is 6.20 Å². The molecular weight excluding hydrogens is 202 g/mol. The Morgan fingerprint density at radius 1 is 1.50 bits per heavy atom. The number of hydrogen-bond donors (Lipinski definition) is 1. The van der Waals surface area contributed by atoms with E-state index < -0.39 is 0 Å². The van der Waals surface area contributed by atoms with E-state index in [0.29, 0.717) is 18.2 Å². The zero-order valence-electron chi connectivity index (χ0n) is 9.47. The fraction of sp³-hybridized carbons (Fsp3) is 0.333. The number of aromatic nitrogens is 2. The number of imidazole rings is 1. The highest BCUT2D eigenvalue weighted by Gasteiger charge is 2.11. The summed E-state index contributed by atoms with van der Waals surface area (Å²) in [7, 11) is 0. The fourth-order valence-corrected chi connectivity index (χ4v) is 1.49. The number of rotatable bonds is 3. The molecule has 1 amide bonds. The van der Waals surface area contributed by atoms with Gasteiger partial charge in [-0.15, -0.1) is 0 Å². The number of carbonyl (C=O) groups is 1. The van der Waals surface area contributed by atoms with Crippen LogP contribution in [0.25, 0.3) is 5.65 Å². The Morgan fingerprint density at radius 2 is 2.31 bits per heavy atom. The van der Waals surface area contributed by atoms with Crippen molar-refractivity contribution in [2.75, 3.05) is 6.54 Å². The summed E-state index contributed by atoms with van der Waals surface area (Å²) >= 11 is 0. The van der Waals surface area contributed by atoms with Crippen molar-refractivity contribution in [1.82, 2.24) is 14.7 Å². The van der Waals surface area contributed by atoms with Gasteiger partial charge in [0.2, 0.25) is 0 Å². The SMILES string of the molecule is CC(C)CNC(=O)c1cnc2ccccn12. The third kappa shape index (κ3) is 2.05. The summed E-state index contributed by atoms with van der Waals surface area (Å²) in [5, 5.41) is 2.88. The van der Waals surface area contributed by atoms with Gasteiger partial charge in [-0.3, -0.25) is 9.20 Å². The molecule has 2 aromatic rings. The molecule has 0 radical (unpaired) electrons. The minimum Gasteiger partial charge on any atom is -0.350 e. The van der Waals surface area contributed by atoms with Crippen LogP contribution in [0.5, 0.6) is 0 Å². The molecule has 0 bridgehead atoms. The van der Waals surface area contributed by atoms with E-state index in [-0.39, 0.29) is 5.91 Å². The molecule has 0 saturated carbocycles. The van der Waals surface area contributed by atoms with Gasteiger partial charge in [0.15, 0.2) is 0 Å². The van der Waals surface area contributed by atoms with Crippen LogP contribution in [0, 0.1) is 5.92 Å². The van der Waals surface area contributed by atoms with Gasteiger partial charge in [-0.1, -0.05) is 19.9 Å². The van der Waals surface area contributed by atoms with Gasteiger partial charge in [-0.2, -0.15) is 0 Å². The molecule has 2 rings (SSSR count). The third-order valence-corrected chi connectivity index (χ3v) is 2.32. The van der Waals surface area contributed by atoms with Crippen LogP contribution in [0.15, 0.2) is 30.6 Å². The van der Waals surface area contributed by atoms with Crippen LogP contribution in [-0.4, -0.2) is 21.8 Å². The topological polar surface area (TPSA) is 46.4 Å². The first-order valence-electron chi connectivity index (χ1n) is 5.39. The van der Waals surface area contributed by atoms with Crippen molar-refractivity contribution in [2.24, 2.45) is 5.92 Å². The van der Waals surface area contributed by atoms with E-state index in [9.17, 15) is 4.79 Å². The van der Waals surface area contributed by atoms with Gasteiger partial charge in [-0.25, -0.2) is 4.98 Å². The third-order valence-electron chi connectivity index (χ3n) is 2.32. The molecule has 0 unspecified atom stereocenters. The van der Waals surface area contributed by atoms with Gasteiger partial charge in [-0.05, 0) is 18.1 Å². The van der Waals surface area contributed by atoms with Gasteiger partial charge in [0.1, 0.15) is 11.3 Å². The molecule has 2 heterocycles. The predicted molar refractivity (Wildman–Crippen MR) is 62.4 cm³/mol. The summed E-state index contributed by atoms with van der Waals surface area (Å²) < 4.78 is 1.79. The number of amides is 1. The second kappa shape index (κ2) is 4.35. The Kier molecular flexibility index (Phi) is 2.90. The largest absolute Gasteiger partial charge is 0.350 e. The number of nitrogens with zero attached hydrogens (tertiary/aromatic N) is 2. The number of pyridine rings is 1. The number of nitrogens with one attached hydrogen (secondary N) is 1. The Labute approximate surface area is 94.3 Å². The Balaban J connectivity index is 2.23. The van der Waals surface area contributed by atoms with Gasteiger partial charge in [0, 0.05) is 12.7 Å². The van der Waals surface area contributed by atoms with Gasteiger partial charge in [0.25, 0.3) is 5.91 Å². The highest BCUT2D eigenvalue weighted by Crippen LogP contribution is 2.05. The lowest BCUT2D eigenvalue weighted by atomic mass is 10.2. The average molecular weight is 217 g/mol. The number of fused-ring (bicyclic) bond motifs is 1. The van der Waals surface area contributed by atoms with Crippen LogP contribution < -0.4 is 5.32 Å². The summed E-state index contributed by atoms with van der Waals surface area (Å²) in [6.07, 6.45) is 3.44. The second-order valence-electron chi connectivity index (χ2n) is 4.18. The maximum atomic E-state index is 11.9. The quantitative estimate of drug-likeness (QED) is 0.850. The summed E-state index contributed by atoms with van der Waals surface area (Å²) in [6, 6.07) is 5.66. The summed E-state index contributed by atoms with van der Waals surface area (Å²) in [5.41, 5.74) is 1.37. The lowest BCUT2D eigenvalue weighted by molar-refractivity contribution is 0.0943. The van der Waals surface area contributed by atoms with Crippen molar-refractivity contribution in [1.29, 1.82) is 0 Å². The molecular formula is C12H15N3O. The van der Waals surface area contributed by atoms with Crippen LogP contribution >= 0.6 is 0 Å². The van der Waals surface area contributed by atoms with E-state index in [1.807, 2.05) is 24.4 Å². The van der Waals surface area contributed by atoms with Crippen molar-refractivity contribution < 1.29 is 4.79 Å². The molecule has 0 spiro atoms. The first-order valence-corrected chi connectivity index (χ1v) is 5.39. The molecule has 16 heavy (non-hydrogen) atoms. The van der Waals surface area contributed by atoms with Crippen molar-refractivity contribution in [3.8, 4) is 0 Å². The molecule has 0 aliphatic heterocycles. The normalized spacial score (nSPS) is 10.9. The van der Waals surface area contributed by atoms with E-state index in [1.54, 1.807) is 10.6 Å². The highest BCUT2D eigenvalue weighted by atomic mass is 16.1. The first kappa shape index (κ1) is 10.7. The molecule has 4 heteroatoms. The molecule has 84 valence electrons. The van der Waals surface area contributed by atoms with E-state index in [1.165, 1.54) is 0 Å². The molecule has 0 aromatic carbocycles. The molecule has 1 N–H and O–H groups in total. The summed E-state index contributed by atoms with van der Waals surface area (Å²) in [5.74, 6) is 0.371. The number of carbonyl (C=O) groups excluding carboxylic acids is 1. The van der Waals surface area contributed by atoms with E-state index in [2.05, 4.69) is 24.1 Å². The van der Waals surface area contributed by atoms with Crippen LogP contribution in [0.2, 0.25) is 0 Å². The molecule has 0 atom stereocenters. The van der Waals surface area contributed by atoms with E-state index in [4.69, 9.17) is 0 Å². The molecule has 0 aliphatic carbocycles. The van der Waals surface area contributed by atoms with Crippen molar-refractivity contribution in [3.05, 3.63) is 36.3 Å². The minimum atomic E-state index is -0.0765. The highest BCUT2D eigenvalue weighted by molar-refractivity contribution is 5.93. The van der Waals surface area contributed by atoms with Crippen LogP contribution in [0.3, 0.4) is 0 Å². The maximum Gasteiger partial charge on any atom is 0.269 e. The molecule has 0 aliphatic rings. The molecule has 4 nitrogen and oxygen atoms in total. The maximum absolute atomic E-state index is 11.9. The zero-order chi connectivity index (χ0) is 11.5. The van der Waals surface area contributed by atoms with Crippen LogP contribution in [0.1, 0.15) is 24.3 Å². The van der Waals surface area contributed by atoms with Crippen molar-refractivity contribution >= 4 is 11.6 Å². The standard InChI is InChI=1S/C12H15N3O/c1-9(2)7-14-12(16)10-8-13-11-5-3-4-6-15(10)11/h3-6,8-9H,7H2,1-2H3,(H,14,16). The minimum absolute atomic E-state index is 0.0765. The Morgan fingerprint density at radius 3 is 3.06 bits per heavy atom. The van der Waals surface area contributed by atoms with Crippen LogP contribution in [0.4, 0.5) is 0 Å².